The molecule has 0 amide bonds. The minimum Gasteiger partial charge on any atom is -0.370 e. The van der Waals surface area contributed by atoms with Gasteiger partial charge in [-0.3, -0.25) is 0 Å². The number of benzene rings is 1. The van der Waals surface area contributed by atoms with Crippen molar-refractivity contribution in [3.63, 3.8) is 0 Å². The van der Waals surface area contributed by atoms with E-state index in [-0.39, 0.29) is 0 Å². The van der Waals surface area contributed by atoms with Crippen molar-refractivity contribution >= 4 is 51.9 Å². The van der Waals surface area contributed by atoms with Crippen molar-refractivity contribution in [3.05, 3.63) is 52.8 Å². The van der Waals surface area contributed by atoms with Crippen LogP contribution in [0.15, 0.2) is 36.5 Å². The molecule has 1 aliphatic heterocycles. The Hall–Kier alpha value is -2.81. The van der Waals surface area contributed by atoms with Gasteiger partial charge in [-0.25, -0.2) is 15.0 Å². The lowest BCUT2D eigenvalue weighted by Gasteiger charge is -2.13. The highest BCUT2D eigenvalue weighted by atomic mass is 35.5. The van der Waals surface area contributed by atoms with Gasteiger partial charge in [-0.2, -0.15) is 0 Å². The largest absolute Gasteiger partial charge is 0.370 e. The van der Waals surface area contributed by atoms with E-state index in [0.29, 0.717) is 22.4 Å². The summed E-state index contributed by atoms with van der Waals surface area (Å²) in [6.07, 6.45) is 3.43. The van der Waals surface area contributed by atoms with Crippen LogP contribution in [0.25, 0.3) is 11.3 Å². The average Bonchev–Trinajstić information content (AvgIpc) is 2.87. The quantitative estimate of drug-likeness (QED) is 0.306. The first-order valence-electron chi connectivity index (χ1n) is 10.1. The number of halogens is 1. The van der Waals surface area contributed by atoms with Gasteiger partial charge in [0.1, 0.15) is 5.82 Å². The molecule has 0 atom stereocenters. The smallest absolute Gasteiger partial charge is 0.227 e. The van der Waals surface area contributed by atoms with Crippen LogP contribution in [0.2, 0.25) is 5.02 Å². The van der Waals surface area contributed by atoms with Gasteiger partial charge in [-0.15, -0.1) is 0 Å². The number of aryl methyl sites for hydroxylation is 1. The Kier molecular flexibility index (Phi) is 6.60. The maximum atomic E-state index is 6.18. The number of fused-ring (bicyclic) bond motifs is 3. The van der Waals surface area contributed by atoms with E-state index in [2.05, 4.69) is 31.2 Å². The second kappa shape index (κ2) is 9.55. The summed E-state index contributed by atoms with van der Waals surface area (Å²) < 4.78 is 0. The lowest BCUT2D eigenvalue weighted by Crippen LogP contribution is -2.13. The number of hydrogen-bond acceptors (Lipinski definition) is 7. The molecule has 160 valence electrons. The minimum atomic E-state index is 0.507. The number of thiocarbonyl (C=S) groups is 1. The number of nitrogens with one attached hydrogen (secondary N) is 4. The van der Waals surface area contributed by atoms with E-state index >= 15 is 0 Å². The zero-order valence-corrected chi connectivity index (χ0v) is 19.0. The Bertz CT molecular complexity index is 1120. The molecule has 7 nitrogen and oxygen atoms in total. The predicted molar refractivity (Wildman–Crippen MR) is 132 cm³/mol. The fourth-order valence-electron chi connectivity index (χ4n) is 3.42. The summed E-state index contributed by atoms with van der Waals surface area (Å²) in [7, 11) is 1.95. The standard InChI is InChI=1S/C22H24ClN7S/c1-13-17(6-7-19(27-13)25-9-3-8-24-2)29-22-26-12-14-10-20(31)28-18-11-15(23)4-5-16(18)21(14)30-22/h4-7,11-12,24H,3,8-10H2,1-2H3,(H,25,27)(H,28,31)(H,26,29,30). The summed E-state index contributed by atoms with van der Waals surface area (Å²) in [6, 6.07) is 9.62. The van der Waals surface area contributed by atoms with Gasteiger partial charge in [0.05, 0.1) is 22.1 Å². The molecule has 0 radical (unpaired) electrons. The van der Waals surface area contributed by atoms with E-state index in [0.717, 1.165) is 59.2 Å². The van der Waals surface area contributed by atoms with Gasteiger partial charge in [-0.05, 0) is 57.3 Å². The molecule has 4 rings (SSSR count). The zero-order valence-electron chi connectivity index (χ0n) is 17.4. The van der Waals surface area contributed by atoms with Gasteiger partial charge in [-0.1, -0.05) is 23.8 Å². The fourth-order valence-corrected chi connectivity index (χ4v) is 3.85. The predicted octanol–water partition coefficient (Wildman–Crippen LogP) is 4.56. The first-order valence-corrected chi connectivity index (χ1v) is 10.9. The number of rotatable bonds is 7. The molecule has 0 unspecified atom stereocenters. The van der Waals surface area contributed by atoms with Crippen molar-refractivity contribution in [3.8, 4) is 11.3 Å². The number of hydrogen-bond donors (Lipinski definition) is 4. The first-order chi connectivity index (χ1) is 15.0. The molecule has 0 saturated heterocycles. The van der Waals surface area contributed by atoms with E-state index in [9.17, 15) is 0 Å². The van der Waals surface area contributed by atoms with Crippen molar-refractivity contribution < 1.29 is 0 Å². The molecule has 0 fully saturated rings. The molecule has 1 aliphatic rings. The van der Waals surface area contributed by atoms with E-state index in [1.54, 1.807) is 0 Å². The van der Waals surface area contributed by atoms with Gasteiger partial charge in [0, 0.05) is 41.0 Å². The summed E-state index contributed by atoms with van der Waals surface area (Å²) in [6.45, 7) is 3.80. The van der Waals surface area contributed by atoms with Crippen molar-refractivity contribution in [2.24, 2.45) is 0 Å². The maximum absolute atomic E-state index is 6.18. The third-order valence-corrected chi connectivity index (χ3v) is 5.45. The van der Waals surface area contributed by atoms with Crippen molar-refractivity contribution in [2.75, 3.05) is 36.1 Å². The van der Waals surface area contributed by atoms with Crippen LogP contribution in [0.4, 0.5) is 23.1 Å². The molecule has 0 saturated carbocycles. The van der Waals surface area contributed by atoms with E-state index in [1.807, 2.05) is 50.5 Å². The Morgan fingerprint density at radius 2 is 2.03 bits per heavy atom. The van der Waals surface area contributed by atoms with E-state index in [1.165, 1.54) is 0 Å². The van der Waals surface area contributed by atoms with Crippen LogP contribution in [0.1, 0.15) is 17.7 Å². The van der Waals surface area contributed by atoms with Gasteiger partial charge in [0.25, 0.3) is 0 Å². The molecular weight excluding hydrogens is 430 g/mol. The molecule has 31 heavy (non-hydrogen) atoms. The SMILES string of the molecule is CNCCCNc1ccc(Nc2ncc3c(n2)-c2ccc(Cl)cc2NC(=S)C3)c(C)n1. The van der Waals surface area contributed by atoms with Crippen molar-refractivity contribution in [1.82, 2.24) is 20.3 Å². The summed E-state index contributed by atoms with van der Waals surface area (Å²) in [4.78, 5) is 14.6. The molecule has 3 aromatic rings. The molecule has 0 spiro atoms. The number of anilines is 4. The third kappa shape index (κ3) is 5.10. The monoisotopic (exact) mass is 453 g/mol. The number of aromatic nitrogens is 3. The van der Waals surface area contributed by atoms with Crippen LogP contribution in [0, 0.1) is 6.92 Å². The molecular formula is C22H24ClN7S. The van der Waals surface area contributed by atoms with Crippen LogP contribution >= 0.6 is 23.8 Å². The number of pyridine rings is 1. The molecule has 0 bridgehead atoms. The highest BCUT2D eigenvalue weighted by Gasteiger charge is 2.20. The number of nitrogens with zero attached hydrogens (tertiary/aromatic N) is 3. The Morgan fingerprint density at radius 3 is 2.84 bits per heavy atom. The Morgan fingerprint density at radius 1 is 1.16 bits per heavy atom. The summed E-state index contributed by atoms with van der Waals surface area (Å²) in [5, 5.41) is 13.7. The lowest BCUT2D eigenvalue weighted by atomic mass is 10.1. The molecule has 1 aromatic carbocycles. The second-order valence-corrected chi connectivity index (χ2v) is 8.25. The van der Waals surface area contributed by atoms with Crippen LogP contribution in [-0.2, 0) is 6.42 Å². The van der Waals surface area contributed by atoms with Crippen LogP contribution in [0.3, 0.4) is 0 Å². The van der Waals surface area contributed by atoms with Gasteiger partial charge in [0.2, 0.25) is 5.95 Å². The molecule has 3 heterocycles. The summed E-state index contributed by atoms with van der Waals surface area (Å²) in [5.41, 5.74) is 5.34. The van der Waals surface area contributed by atoms with Crippen molar-refractivity contribution in [2.45, 2.75) is 19.8 Å². The fraction of sp³-hybridized carbons (Fsp3) is 0.273. The summed E-state index contributed by atoms with van der Waals surface area (Å²) >= 11 is 11.6. The molecule has 2 aromatic heterocycles. The van der Waals surface area contributed by atoms with Gasteiger partial charge < -0.3 is 21.3 Å². The van der Waals surface area contributed by atoms with E-state index < -0.39 is 0 Å². The normalized spacial score (nSPS) is 12.4. The van der Waals surface area contributed by atoms with Crippen molar-refractivity contribution in [1.29, 1.82) is 0 Å². The first kappa shape index (κ1) is 21.4. The maximum Gasteiger partial charge on any atom is 0.227 e. The van der Waals surface area contributed by atoms with Crippen LogP contribution in [-0.4, -0.2) is 40.1 Å². The zero-order chi connectivity index (χ0) is 21.8. The topological polar surface area (TPSA) is 86.8 Å². The van der Waals surface area contributed by atoms with Crippen LogP contribution < -0.4 is 21.3 Å². The Balaban J connectivity index is 1.57. The highest BCUT2D eigenvalue weighted by Crippen LogP contribution is 2.35. The lowest BCUT2D eigenvalue weighted by molar-refractivity contribution is 0.747. The molecule has 9 heteroatoms. The average molecular weight is 454 g/mol. The minimum absolute atomic E-state index is 0.507. The molecule has 0 aliphatic carbocycles. The molecule has 4 N–H and O–H groups in total. The highest BCUT2D eigenvalue weighted by molar-refractivity contribution is 7.80. The second-order valence-electron chi connectivity index (χ2n) is 7.32. The van der Waals surface area contributed by atoms with Crippen LogP contribution in [0.5, 0.6) is 0 Å². The third-order valence-electron chi connectivity index (χ3n) is 4.97. The van der Waals surface area contributed by atoms with Gasteiger partial charge >= 0.3 is 0 Å². The van der Waals surface area contributed by atoms with E-state index in [4.69, 9.17) is 28.8 Å². The summed E-state index contributed by atoms with van der Waals surface area (Å²) in [5.74, 6) is 1.36. The van der Waals surface area contributed by atoms with Gasteiger partial charge in [0.15, 0.2) is 0 Å². The Labute approximate surface area is 192 Å².